The second-order valence-corrected chi connectivity index (χ2v) is 7.25. The molecule has 0 aliphatic carbocycles. The molecule has 27 heavy (non-hydrogen) atoms. The van der Waals surface area contributed by atoms with Gasteiger partial charge in [-0.1, -0.05) is 51.4 Å². The van der Waals surface area contributed by atoms with Gasteiger partial charge in [-0.25, -0.2) is 0 Å². The van der Waals surface area contributed by atoms with Crippen LogP contribution in [0.15, 0.2) is 28.3 Å². The van der Waals surface area contributed by atoms with E-state index in [0.717, 1.165) is 23.7 Å². The number of nitrogens with one attached hydrogen (secondary N) is 1. The number of aliphatic hydroxyl groups excluding tert-OH is 1. The van der Waals surface area contributed by atoms with Crippen LogP contribution >= 0.6 is 11.6 Å². The molecular formula is C21H38ClN3O2. The smallest absolute Gasteiger partial charge is 0.224 e. The number of halogens is 1. The van der Waals surface area contributed by atoms with Crippen LogP contribution in [0, 0.1) is 5.92 Å². The Morgan fingerprint density at radius 1 is 1.30 bits per heavy atom. The number of amides is 1. The van der Waals surface area contributed by atoms with Gasteiger partial charge >= 0.3 is 0 Å². The molecule has 0 rings (SSSR count). The van der Waals surface area contributed by atoms with E-state index in [2.05, 4.69) is 32.2 Å². The third-order valence-electron chi connectivity index (χ3n) is 4.26. The summed E-state index contributed by atoms with van der Waals surface area (Å²) in [6.07, 6.45) is 8.08. The summed E-state index contributed by atoms with van der Waals surface area (Å²) in [4.78, 5) is 18.8. The monoisotopic (exact) mass is 399 g/mol. The molecule has 5 nitrogen and oxygen atoms in total. The van der Waals surface area contributed by atoms with Crippen molar-refractivity contribution < 1.29 is 9.90 Å². The van der Waals surface area contributed by atoms with Crippen LogP contribution in [0.3, 0.4) is 0 Å². The van der Waals surface area contributed by atoms with Crippen molar-refractivity contribution in [3.8, 4) is 0 Å². The van der Waals surface area contributed by atoms with Gasteiger partial charge in [-0.3, -0.25) is 14.7 Å². The summed E-state index contributed by atoms with van der Waals surface area (Å²) in [5, 5.41) is 13.2. The maximum Gasteiger partial charge on any atom is 0.224 e. The van der Waals surface area contributed by atoms with E-state index in [-0.39, 0.29) is 17.9 Å². The number of amidine groups is 1. The van der Waals surface area contributed by atoms with Gasteiger partial charge in [-0.2, -0.15) is 0 Å². The molecule has 0 aliphatic rings. The van der Waals surface area contributed by atoms with Crippen LogP contribution in [-0.2, 0) is 4.79 Å². The van der Waals surface area contributed by atoms with E-state index < -0.39 is 6.10 Å². The highest BCUT2D eigenvalue weighted by Gasteiger charge is 2.18. The SMILES string of the molecule is CC/C=C(Cl)\C=C/C(C)C(CC)N=C(CC)N(CCNCC(C)O)C(C)=O. The Kier molecular flexibility index (Phi) is 14.2. The number of aliphatic imine (C=N–C) groups is 1. The van der Waals surface area contributed by atoms with Crippen molar-refractivity contribution in [1.82, 2.24) is 10.2 Å². The van der Waals surface area contributed by atoms with Gasteiger partial charge < -0.3 is 10.4 Å². The molecule has 0 bridgehead atoms. The predicted molar refractivity (Wildman–Crippen MR) is 116 cm³/mol. The van der Waals surface area contributed by atoms with Crippen molar-refractivity contribution in [2.24, 2.45) is 10.9 Å². The number of aliphatic hydroxyl groups is 1. The number of hydrogen-bond donors (Lipinski definition) is 2. The van der Waals surface area contributed by atoms with Crippen molar-refractivity contribution in [2.45, 2.75) is 73.0 Å². The molecule has 0 heterocycles. The van der Waals surface area contributed by atoms with Crippen LogP contribution in [0.5, 0.6) is 0 Å². The van der Waals surface area contributed by atoms with Gasteiger partial charge in [-0.05, 0) is 31.8 Å². The highest BCUT2D eigenvalue weighted by atomic mass is 35.5. The largest absolute Gasteiger partial charge is 0.392 e. The Labute approximate surface area is 170 Å². The molecule has 6 heteroatoms. The minimum Gasteiger partial charge on any atom is -0.392 e. The zero-order valence-corrected chi connectivity index (χ0v) is 18.6. The first-order chi connectivity index (χ1) is 12.8. The Balaban J connectivity index is 5.18. The van der Waals surface area contributed by atoms with Crippen LogP contribution in [0.4, 0.5) is 0 Å². The average Bonchev–Trinajstić information content (AvgIpc) is 2.61. The van der Waals surface area contributed by atoms with Gasteiger partial charge in [0, 0.05) is 38.0 Å². The van der Waals surface area contributed by atoms with E-state index in [0.29, 0.717) is 26.1 Å². The summed E-state index contributed by atoms with van der Waals surface area (Å²) < 4.78 is 0. The van der Waals surface area contributed by atoms with Gasteiger partial charge in [0.15, 0.2) is 0 Å². The van der Waals surface area contributed by atoms with Gasteiger partial charge in [-0.15, -0.1) is 0 Å². The van der Waals surface area contributed by atoms with E-state index in [4.69, 9.17) is 16.6 Å². The highest BCUT2D eigenvalue weighted by molar-refractivity contribution is 6.31. The van der Waals surface area contributed by atoms with E-state index in [1.807, 2.05) is 19.1 Å². The van der Waals surface area contributed by atoms with Gasteiger partial charge in [0.2, 0.25) is 5.91 Å². The number of carbonyl (C=O) groups excluding carboxylic acids is 1. The highest BCUT2D eigenvalue weighted by Crippen LogP contribution is 2.17. The van der Waals surface area contributed by atoms with Gasteiger partial charge in [0.05, 0.1) is 12.1 Å². The summed E-state index contributed by atoms with van der Waals surface area (Å²) in [7, 11) is 0. The van der Waals surface area contributed by atoms with E-state index >= 15 is 0 Å². The molecule has 0 fully saturated rings. The fraction of sp³-hybridized carbons (Fsp3) is 0.714. The molecule has 0 aromatic carbocycles. The van der Waals surface area contributed by atoms with E-state index in [9.17, 15) is 9.90 Å². The fourth-order valence-electron chi connectivity index (χ4n) is 2.73. The molecule has 0 aromatic rings. The molecule has 1 amide bonds. The normalized spacial score (nSPS) is 16.4. The number of rotatable bonds is 12. The molecule has 0 saturated carbocycles. The summed E-state index contributed by atoms with van der Waals surface area (Å²) in [6, 6.07) is 0.0922. The number of hydrogen-bond acceptors (Lipinski definition) is 4. The Bertz CT molecular complexity index is 516. The zero-order valence-electron chi connectivity index (χ0n) is 17.8. The first-order valence-electron chi connectivity index (χ1n) is 10.0. The summed E-state index contributed by atoms with van der Waals surface area (Å²) in [5.74, 6) is 1.02. The topological polar surface area (TPSA) is 64.9 Å². The summed E-state index contributed by atoms with van der Waals surface area (Å²) >= 11 is 6.15. The number of carbonyl (C=O) groups is 1. The first-order valence-corrected chi connectivity index (χ1v) is 10.4. The minimum absolute atomic E-state index is 0.0126. The van der Waals surface area contributed by atoms with Crippen molar-refractivity contribution in [3.05, 3.63) is 23.3 Å². The number of allylic oxidation sites excluding steroid dienone is 3. The molecule has 0 saturated heterocycles. The quantitative estimate of drug-likeness (QED) is 0.224. The Hall–Kier alpha value is -1.17. The van der Waals surface area contributed by atoms with Crippen molar-refractivity contribution in [3.63, 3.8) is 0 Å². The average molecular weight is 400 g/mol. The fourth-order valence-corrected chi connectivity index (χ4v) is 2.96. The molecule has 2 N–H and O–H groups in total. The Morgan fingerprint density at radius 3 is 2.44 bits per heavy atom. The number of nitrogens with zero attached hydrogens (tertiary/aromatic N) is 2. The second-order valence-electron chi connectivity index (χ2n) is 6.81. The second kappa shape index (κ2) is 14.8. The Morgan fingerprint density at radius 2 is 1.96 bits per heavy atom. The summed E-state index contributed by atoms with van der Waals surface area (Å²) in [5.41, 5.74) is 0. The van der Waals surface area contributed by atoms with Crippen LogP contribution in [0.1, 0.15) is 60.8 Å². The minimum atomic E-state index is -0.402. The summed E-state index contributed by atoms with van der Waals surface area (Å²) in [6.45, 7) is 13.3. The van der Waals surface area contributed by atoms with Crippen LogP contribution in [0.2, 0.25) is 0 Å². The van der Waals surface area contributed by atoms with Crippen LogP contribution in [0.25, 0.3) is 0 Å². The van der Waals surface area contributed by atoms with Crippen molar-refractivity contribution in [1.29, 1.82) is 0 Å². The molecule has 3 unspecified atom stereocenters. The third kappa shape index (κ3) is 11.3. The molecule has 0 aromatic heterocycles. The molecule has 3 atom stereocenters. The molecule has 156 valence electrons. The standard InChI is InChI=1S/C21H38ClN3O2/c1-7-10-19(22)12-11-16(4)20(8-2)24-21(9-3)25(18(6)27)14-13-23-15-17(5)26/h10-12,16-17,20,23,26H,7-9,13-15H2,1-6H3/b12-11-,19-10+,24-21?. The molecule has 0 radical (unpaired) electrons. The van der Waals surface area contributed by atoms with E-state index in [1.54, 1.807) is 18.7 Å². The first kappa shape index (κ1) is 25.8. The lowest BCUT2D eigenvalue weighted by molar-refractivity contribution is -0.125. The van der Waals surface area contributed by atoms with E-state index in [1.165, 1.54) is 0 Å². The predicted octanol–water partition coefficient (Wildman–Crippen LogP) is 4.12. The van der Waals surface area contributed by atoms with Crippen LogP contribution in [-0.4, -0.2) is 53.5 Å². The lowest BCUT2D eigenvalue weighted by Crippen LogP contribution is -2.41. The van der Waals surface area contributed by atoms with Crippen molar-refractivity contribution >= 4 is 23.3 Å². The maximum atomic E-state index is 12.1. The zero-order chi connectivity index (χ0) is 20.8. The van der Waals surface area contributed by atoms with Crippen molar-refractivity contribution in [2.75, 3.05) is 19.6 Å². The molecular weight excluding hydrogens is 362 g/mol. The molecule has 0 aliphatic heterocycles. The molecule has 0 spiro atoms. The lowest BCUT2D eigenvalue weighted by Gasteiger charge is -2.26. The van der Waals surface area contributed by atoms with Crippen LogP contribution < -0.4 is 5.32 Å². The third-order valence-corrected chi connectivity index (χ3v) is 4.54. The maximum absolute atomic E-state index is 12.1. The van der Waals surface area contributed by atoms with Gasteiger partial charge in [0.25, 0.3) is 0 Å². The lowest BCUT2D eigenvalue weighted by atomic mass is 9.99. The van der Waals surface area contributed by atoms with Gasteiger partial charge in [0.1, 0.15) is 5.84 Å².